The minimum atomic E-state index is -3.04. The molecule has 5 nitrogen and oxygen atoms in total. The Kier molecular flexibility index (Phi) is 14.3. The predicted molar refractivity (Wildman–Crippen MR) is 207 cm³/mol. The van der Waals surface area contributed by atoms with E-state index >= 15 is 0 Å². The number of hydrogen-bond acceptors (Lipinski definition) is 6. The van der Waals surface area contributed by atoms with Crippen LogP contribution in [0.1, 0.15) is 66.9 Å². The van der Waals surface area contributed by atoms with E-state index in [9.17, 15) is 4.79 Å². The van der Waals surface area contributed by atoms with E-state index in [-0.39, 0.29) is 11.0 Å². The molecule has 1 aliphatic heterocycles. The zero-order valence-corrected chi connectivity index (χ0v) is 32.3. The Morgan fingerprint density at radius 3 is 1.98 bits per heavy atom. The number of cyclic esters (lactones) is 1. The number of benzene rings is 3. The first-order valence-electron chi connectivity index (χ1n) is 17.2. The van der Waals surface area contributed by atoms with E-state index in [1.54, 1.807) is 11.8 Å². The van der Waals surface area contributed by atoms with Gasteiger partial charge in [0, 0.05) is 12.0 Å². The number of allylic oxidation sites excluding steroid dienone is 1. The third kappa shape index (κ3) is 9.74. The maximum atomic E-state index is 13.3. The first kappa shape index (κ1) is 38.6. The van der Waals surface area contributed by atoms with Gasteiger partial charge in [0.2, 0.25) is 0 Å². The molecule has 1 aliphatic rings. The Hall–Kier alpha value is -3.20. The van der Waals surface area contributed by atoms with Crippen molar-refractivity contribution < 1.29 is 23.4 Å². The average Bonchev–Trinajstić information content (AvgIpc) is 3.11. The molecule has 3 aromatic carbocycles. The van der Waals surface area contributed by atoms with E-state index in [1.165, 1.54) is 10.4 Å². The molecule has 0 radical (unpaired) electrons. The molecule has 0 amide bonds. The first-order chi connectivity index (χ1) is 23.5. The van der Waals surface area contributed by atoms with E-state index in [0.29, 0.717) is 31.0 Å². The van der Waals surface area contributed by atoms with Crippen molar-refractivity contribution in [1.82, 2.24) is 0 Å². The molecule has 49 heavy (non-hydrogen) atoms. The summed E-state index contributed by atoms with van der Waals surface area (Å²) in [6.45, 7) is 15.2. The molecule has 3 aromatic rings. The maximum absolute atomic E-state index is 13.3. The van der Waals surface area contributed by atoms with Crippen molar-refractivity contribution in [3.8, 4) is 0 Å². The van der Waals surface area contributed by atoms with Crippen molar-refractivity contribution in [3.05, 3.63) is 132 Å². The fraction of sp³-hybridized carbons (Fsp3) is 0.405. The standard InChI is InChI=1S/C42H54O5SSi/c1-9-31(2)37-27-25-32(3)39(47-49(42(5,6)7,35-21-15-11-16-22-35)36-23-17-12-18-24-36)40(44-29-34-19-13-10-14-20-34)38(45-30-48-8)28-26-33(4)41(43)46-37/h9-26,37-40H,27-30H2,1-8H3/b31-9-,32-25+,33-26-/t37-,38?,39-,40-/m1/s1. The molecule has 0 saturated carbocycles. The lowest BCUT2D eigenvalue weighted by atomic mass is 9.96. The lowest BCUT2D eigenvalue weighted by Gasteiger charge is -2.47. The minimum Gasteiger partial charge on any atom is -0.454 e. The van der Waals surface area contributed by atoms with Crippen LogP contribution in [-0.2, 0) is 30.0 Å². The Morgan fingerprint density at radius 2 is 1.45 bits per heavy atom. The molecule has 1 heterocycles. The third-order valence-electron chi connectivity index (χ3n) is 9.36. The van der Waals surface area contributed by atoms with Gasteiger partial charge in [-0.1, -0.05) is 130 Å². The molecule has 0 saturated heterocycles. The highest BCUT2D eigenvalue weighted by atomic mass is 32.2. The summed E-state index contributed by atoms with van der Waals surface area (Å²) >= 11 is 1.62. The number of thioether (sulfide) groups is 1. The number of carbonyl (C=O) groups excluding carboxylic acids is 1. The van der Waals surface area contributed by atoms with Gasteiger partial charge in [-0.25, -0.2) is 4.79 Å². The summed E-state index contributed by atoms with van der Waals surface area (Å²) in [5.41, 5.74) is 3.65. The van der Waals surface area contributed by atoms with E-state index in [1.807, 2.05) is 57.4 Å². The van der Waals surface area contributed by atoms with Crippen LogP contribution in [0.4, 0.5) is 0 Å². The van der Waals surface area contributed by atoms with Crippen molar-refractivity contribution in [2.45, 2.75) is 97.4 Å². The maximum Gasteiger partial charge on any atom is 0.333 e. The summed E-state index contributed by atoms with van der Waals surface area (Å²) in [6.07, 6.45) is 7.37. The SMILES string of the molecule is C/C=C(/C)[C@H]1C/C=C(\C)[C@@H](O[Si](c2ccccc2)(c2ccccc2)C(C)(C)C)[C@H](OCc2ccccc2)C(OCSC)C/C=C(/C)C(=O)O1. The van der Waals surface area contributed by atoms with Crippen LogP contribution >= 0.6 is 11.8 Å². The lowest BCUT2D eigenvalue weighted by Crippen LogP contribution is -2.69. The number of hydrogen-bond donors (Lipinski definition) is 0. The number of ether oxygens (including phenoxy) is 3. The first-order valence-corrected chi connectivity index (χ1v) is 20.5. The molecular weight excluding hydrogens is 645 g/mol. The summed E-state index contributed by atoms with van der Waals surface area (Å²) in [5.74, 6) is 0.160. The van der Waals surface area contributed by atoms with Crippen LogP contribution in [0.3, 0.4) is 0 Å². The third-order valence-corrected chi connectivity index (χ3v) is 14.7. The predicted octanol–water partition coefficient (Wildman–Crippen LogP) is 8.79. The number of rotatable bonds is 11. The molecular formula is C42H54O5SSi. The van der Waals surface area contributed by atoms with Crippen LogP contribution in [0.5, 0.6) is 0 Å². The Balaban J connectivity index is 1.98. The minimum absolute atomic E-state index is 0.255. The van der Waals surface area contributed by atoms with Crippen molar-refractivity contribution in [2.24, 2.45) is 0 Å². The van der Waals surface area contributed by atoms with Gasteiger partial charge in [-0.3, -0.25) is 0 Å². The highest BCUT2D eigenvalue weighted by Gasteiger charge is 2.53. The van der Waals surface area contributed by atoms with E-state index in [4.69, 9.17) is 18.6 Å². The fourth-order valence-electron chi connectivity index (χ4n) is 6.43. The van der Waals surface area contributed by atoms with Crippen molar-refractivity contribution in [3.63, 3.8) is 0 Å². The van der Waals surface area contributed by atoms with E-state index < -0.39 is 32.7 Å². The largest absolute Gasteiger partial charge is 0.454 e. The quantitative estimate of drug-likeness (QED) is 0.0864. The monoisotopic (exact) mass is 698 g/mol. The van der Waals surface area contributed by atoms with Gasteiger partial charge < -0.3 is 18.6 Å². The highest BCUT2D eigenvalue weighted by molar-refractivity contribution is 7.98. The molecule has 0 aromatic heterocycles. The average molecular weight is 699 g/mol. The van der Waals surface area contributed by atoms with Gasteiger partial charge in [-0.2, -0.15) is 0 Å². The number of esters is 1. The molecule has 0 spiro atoms. The Labute approximate surface area is 299 Å². The second-order valence-electron chi connectivity index (χ2n) is 13.8. The van der Waals surface area contributed by atoms with Gasteiger partial charge >= 0.3 is 5.97 Å². The second kappa shape index (κ2) is 18.2. The summed E-state index contributed by atoms with van der Waals surface area (Å²) in [5, 5.41) is 2.14. The van der Waals surface area contributed by atoms with Gasteiger partial charge in [0.15, 0.2) is 0 Å². The van der Waals surface area contributed by atoms with E-state index in [0.717, 1.165) is 16.7 Å². The second-order valence-corrected chi connectivity index (χ2v) is 18.9. The summed E-state index contributed by atoms with van der Waals surface area (Å²) in [6, 6.07) is 31.7. The van der Waals surface area contributed by atoms with Crippen LogP contribution < -0.4 is 10.4 Å². The van der Waals surface area contributed by atoms with Crippen LogP contribution in [-0.4, -0.2) is 50.9 Å². The van der Waals surface area contributed by atoms with Crippen LogP contribution in [0.25, 0.3) is 0 Å². The Bertz CT molecular complexity index is 1520. The van der Waals surface area contributed by atoms with Gasteiger partial charge in [0.05, 0.1) is 24.8 Å². The fourth-order valence-corrected chi connectivity index (χ4v) is 11.5. The van der Waals surface area contributed by atoms with Gasteiger partial charge in [-0.15, -0.1) is 11.8 Å². The normalized spacial score (nSPS) is 23.7. The highest BCUT2D eigenvalue weighted by Crippen LogP contribution is 2.40. The summed E-state index contributed by atoms with van der Waals surface area (Å²) < 4.78 is 27.7. The zero-order valence-electron chi connectivity index (χ0n) is 30.5. The smallest absolute Gasteiger partial charge is 0.333 e. The van der Waals surface area contributed by atoms with E-state index in [2.05, 4.69) is 107 Å². The molecule has 262 valence electrons. The van der Waals surface area contributed by atoms with Crippen LogP contribution in [0.2, 0.25) is 5.04 Å². The molecule has 4 rings (SSSR count). The van der Waals surface area contributed by atoms with Crippen molar-refractivity contribution >= 4 is 36.4 Å². The molecule has 0 aliphatic carbocycles. The summed E-state index contributed by atoms with van der Waals surface area (Å²) in [4.78, 5) is 13.3. The van der Waals surface area contributed by atoms with Gasteiger partial charge in [-0.05, 0) is 72.5 Å². The molecule has 7 heteroatoms. The molecule has 4 atom stereocenters. The number of carbonyl (C=O) groups is 1. The lowest BCUT2D eigenvalue weighted by molar-refractivity contribution is -0.142. The van der Waals surface area contributed by atoms with Crippen molar-refractivity contribution in [1.29, 1.82) is 0 Å². The summed E-state index contributed by atoms with van der Waals surface area (Å²) in [7, 11) is -3.04. The Morgan fingerprint density at radius 1 is 0.878 bits per heavy atom. The molecule has 0 bridgehead atoms. The van der Waals surface area contributed by atoms with Crippen LogP contribution in [0.15, 0.2) is 126 Å². The van der Waals surface area contributed by atoms with Gasteiger partial charge in [0.1, 0.15) is 12.2 Å². The van der Waals surface area contributed by atoms with Gasteiger partial charge in [0.25, 0.3) is 8.32 Å². The topological polar surface area (TPSA) is 54.0 Å². The molecule has 1 unspecified atom stereocenters. The molecule has 0 N–H and O–H groups in total. The van der Waals surface area contributed by atoms with Crippen LogP contribution in [0, 0.1) is 0 Å². The zero-order chi connectivity index (χ0) is 35.4. The molecule has 0 fully saturated rings. The van der Waals surface area contributed by atoms with Crippen molar-refractivity contribution in [2.75, 3.05) is 12.2 Å².